The molecule has 0 atom stereocenters. The third-order valence-electron chi connectivity index (χ3n) is 7.17. The van der Waals surface area contributed by atoms with Gasteiger partial charge in [0.05, 0.1) is 0 Å². The standard InChI is InChI=1S/C32H63NO/c1-2-3-4-5-6-7-8-9-10-11-12-13-14-15-16-17-18-19-20-21-22-23-24-25-26-27-28-29-30-31-33-32-34/h22-23,32H,2-21,24-31H2,1H3,(H,33,34). The molecule has 0 radical (unpaired) electrons. The molecule has 0 heterocycles. The van der Waals surface area contributed by atoms with E-state index in [-0.39, 0.29) is 0 Å². The molecule has 34 heavy (non-hydrogen) atoms. The Balaban J connectivity index is 3.06. The first-order chi connectivity index (χ1) is 16.9. The van der Waals surface area contributed by atoms with E-state index in [9.17, 15) is 4.79 Å². The van der Waals surface area contributed by atoms with Crippen molar-refractivity contribution < 1.29 is 4.79 Å². The van der Waals surface area contributed by atoms with Crippen LogP contribution in [-0.2, 0) is 4.79 Å². The molecule has 202 valence electrons. The molecule has 0 saturated carbocycles. The van der Waals surface area contributed by atoms with Crippen LogP contribution in [0.4, 0.5) is 0 Å². The summed E-state index contributed by atoms with van der Waals surface area (Å²) in [6.45, 7) is 3.14. The van der Waals surface area contributed by atoms with E-state index in [0.717, 1.165) is 19.4 Å². The van der Waals surface area contributed by atoms with Crippen LogP contribution in [0.2, 0.25) is 0 Å². The smallest absolute Gasteiger partial charge is 0.207 e. The Kier molecular flexibility index (Phi) is 31.5. The number of nitrogens with one attached hydrogen (secondary N) is 1. The van der Waals surface area contributed by atoms with E-state index in [4.69, 9.17) is 0 Å². The predicted octanol–water partition coefficient (Wildman–Crippen LogP) is 10.8. The van der Waals surface area contributed by atoms with E-state index in [1.807, 2.05) is 0 Å². The Morgan fingerprint density at radius 3 is 1.03 bits per heavy atom. The molecule has 0 aromatic rings. The minimum atomic E-state index is 0.799. The number of carbonyl (C=O) groups is 1. The number of rotatable bonds is 30. The fourth-order valence-corrected chi connectivity index (χ4v) is 4.83. The molecule has 0 fully saturated rings. The molecular weight excluding hydrogens is 414 g/mol. The molecule has 2 heteroatoms. The van der Waals surface area contributed by atoms with Gasteiger partial charge in [0, 0.05) is 6.54 Å². The fraction of sp³-hybridized carbons (Fsp3) is 0.906. The van der Waals surface area contributed by atoms with Gasteiger partial charge in [-0.15, -0.1) is 0 Å². The van der Waals surface area contributed by atoms with Gasteiger partial charge in [-0.05, 0) is 32.1 Å². The van der Waals surface area contributed by atoms with Crippen molar-refractivity contribution in [3.63, 3.8) is 0 Å². The number of hydrogen-bond acceptors (Lipinski definition) is 1. The third-order valence-corrected chi connectivity index (χ3v) is 7.17. The zero-order chi connectivity index (χ0) is 24.6. The van der Waals surface area contributed by atoms with Crippen LogP contribution in [0.5, 0.6) is 0 Å². The summed E-state index contributed by atoms with van der Waals surface area (Å²) in [4.78, 5) is 10.1. The SMILES string of the molecule is CCCCCCCCCCCCCCCCCCCCCC=CCCCCCCCCNC=O. The Bertz CT molecular complexity index is 392. The van der Waals surface area contributed by atoms with Gasteiger partial charge in [0.25, 0.3) is 0 Å². The van der Waals surface area contributed by atoms with Crippen molar-refractivity contribution in [1.29, 1.82) is 0 Å². The highest BCUT2D eigenvalue weighted by Crippen LogP contribution is 2.15. The second-order valence-corrected chi connectivity index (χ2v) is 10.6. The molecule has 0 aliphatic carbocycles. The van der Waals surface area contributed by atoms with E-state index in [2.05, 4.69) is 24.4 Å². The van der Waals surface area contributed by atoms with Gasteiger partial charge in [-0.25, -0.2) is 0 Å². The molecule has 0 aliphatic rings. The molecule has 0 aromatic heterocycles. The van der Waals surface area contributed by atoms with Crippen molar-refractivity contribution in [2.75, 3.05) is 6.54 Å². The Hall–Kier alpha value is -0.790. The lowest BCUT2D eigenvalue weighted by molar-refractivity contribution is -0.109. The van der Waals surface area contributed by atoms with Crippen molar-refractivity contribution in [1.82, 2.24) is 5.32 Å². The average Bonchev–Trinajstić information content (AvgIpc) is 2.85. The highest BCUT2D eigenvalue weighted by molar-refractivity contribution is 5.45. The first-order valence-electron chi connectivity index (χ1n) is 15.7. The van der Waals surface area contributed by atoms with Crippen molar-refractivity contribution in [3.8, 4) is 0 Å². The molecule has 0 aromatic carbocycles. The molecule has 2 nitrogen and oxygen atoms in total. The van der Waals surface area contributed by atoms with Crippen molar-refractivity contribution in [2.45, 2.75) is 180 Å². The molecule has 0 rings (SSSR count). The zero-order valence-corrected chi connectivity index (χ0v) is 23.4. The van der Waals surface area contributed by atoms with Gasteiger partial charge in [0.2, 0.25) is 6.41 Å². The fourth-order valence-electron chi connectivity index (χ4n) is 4.83. The van der Waals surface area contributed by atoms with Crippen LogP contribution in [-0.4, -0.2) is 13.0 Å². The quantitative estimate of drug-likeness (QED) is 0.0622. The second kappa shape index (κ2) is 32.2. The van der Waals surface area contributed by atoms with E-state index in [1.165, 1.54) is 167 Å². The Labute approximate surface area is 215 Å². The topological polar surface area (TPSA) is 29.1 Å². The molecule has 0 spiro atoms. The van der Waals surface area contributed by atoms with Crippen LogP contribution >= 0.6 is 0 Å². The molecule has 1 N–H and O–H groups in total. The molecule has 0 bridgehead atoms. The number of carbonyl (C=O) groups excluding carboxylic acids is 1. The van der Waals surface area contributed by atoms with E-state index < -0.39 is 0 Å². The van der Waals surface area contributed by atoms with Gasteiger partial charge >= 0.3 is 0 Å². The molecular formula is C32H63NO. The number of unbranched alkanes of at least 4 members (excludes halogenated alkanes) is 25. The summed E-state index contributed by atoms with van der Waals surface area (Å²) in [5.74, 6) is 0. The molecule has 0 aliphatic heterocycles. The summed E-state index contributed by atoms with van der Waals surface area (Å²) >= 11 is 0. The van der Waals surface area contributed by atoms with Gasteiger partial charge in [-0.3, -0.25) is 4.79 Å². The maximum atomic E-state index is 10.1. The second-order valence-electron chi connectivity index (χ2n) is 10.6. The third kappa shape index (κ3) is 31.2. The maximum Gasteiger partial charge on any atom is 0.207 e. The van der Waals surface area contributed by atoms with E-state index in [1.54, 1.807) is 0 Å². The largest absolute Gasteiger partial charge is 0.359 e. The van der Waals surface area contributed by atoms with Crippen LogP contribution in [0.3, 0.4) is 0 Å². The Morgan fingerprint density at radius 2 is 0.706 bits per heavy atom. The molecule has 0 unspecified atom stereocenters. The highest BCUT2D eigenvalue weighted by atomic mass is 16.1. The lowest BCUT2D eigenvalue weighted by Gasteiger charge is -2.04. The van der Waals surface area contributed by atoms with Crippen molar-refractivity contribution >= 4 is 6.41 Å². The zero-order valence-electron chi connectivity index (χ0n) is 23.4. The lowest BCUT2D eigenvalue weighted by Crippen LogP contribution is -2.11. The lowest BCUT2D eigenvalue weighted by atomic mass is 10.0. The van der Waals surface area contributed by atoms with E-state index in [0.29, 0.717) is 0 Å². The summed E-state index contributed by atoms with van der Waals surface area (Å²) < 4.78 is 0. The van der Waals surface area contributed by atoms with Gasteiger partial charge in [-0.1, -0.05) is 160 Å². The van der Waals surface area contributed by atoms with Gasteiger partial charge in [0.1, 0.15) is 0 Å². The summed E-state index contributed by atoms with van der Waals surface area (Å²) in [5.41, 5.74) is 0. The summed E-state index contributed by atoms with van der Waals surface area (Å²) in [5, 5.41) is 2.73. The normalized spacial score (nSPS) is 11.4. The summed E-state index contributed by atoms with van der Waals surface area (Å²) in [7, 11) is 0. The number of allylic oxidation sites excluding steroid dienone is 2. The Morgan fingerprint density at radius 1 is 0.412 bits per heavy atom. The van der Waals surface area contributed by atoms with Crippen LogP contribution in [0.15, 0.2) is 12.2 Å². The predicted molar refractivity (Wildman–Crippen MR) is 154 cm³/mol. The van der Waals surface area contributed by atoms with Crippen LogP contribution in [0.1, 0.15) is 180 Å². The van der Waals surface area contributed by atoms with Crippen LogP contribution in [0, 0.1) is 0 Å². The first kappa shape index (κ1) is 33.2. The number of hydrogen-bond donors (Lipinski definition) is 1. The minimum absolute atomic E-state index is 0.799. The monoisotopic (exact) mass is 477 g/mol. The minimum Gasteiger partial charge on any atom is -0.359 e. The molecule has 1 amide bonds. The molecule has 0 saturated heterocycles. The van der Waals surface area contributed by atoms with Crippen LogP contribution in [0.25, 0.3) is 0 Å². The average molecular weight is 478 g/mol. The van der Waals surface area contributed by atoms with Gasteiger partial charge < -0.3 is 5.32 Å². The maximum absolute atomic E-state index is 10.1. The van der Waals surface area contributed by atoms with Gasteiger partial charge in [-0.2, -0.15) is 0 Å². The first-order valence-corrected chi connectivity index (χ1v) is 15.7. The highest BCUT2D eigenvalue weighted by Gasteiger charge is 1.95. The van der Waals surface area contributed by atoms with Crippen LogP contribution < -0.4 is 5.32 Å². The summed E-state index contributed by atoms with van der Waals surface area (Å²) in [6, 6.07) is 0. The van der Waals surface area contributed by atoms with Gasteiger partial charge in [0.15, 0.2) is 0 Å². The van der Waals surface area contributed by atoms with E-state index >= 15 is 0 Å². The number of amides is 1. The van der Waals surface area contributed by atoms with Crippen molar-refractivity contribution in [2.24, 2.45) is 0 Å². The summed E-state index contributed by atoms with van der Waals surface area (Å²) in [6.07, 6.45) is 43.5. The van der Waals surface area contributed by atoms with Crippen molar-refractivity contribution in [3.05, 3.63) is 12.2 Å².